The van der Waals surface area contributed by atoms with Crippen molar-refractivity contribution in [2.75, 3.05) is 24.3 Å². The molecule has 0 spiro atoms. The molecule has 6 nitrogen and oxygen atoms in total. The summed E-state index contributed by atoms with van der Waals surface area (Å²) in [6.45, 7) is 13.7. The Morgan fingerprint density at radius 2 is 1.79 bits per heavy atom. The number of ether oxygens (including phenoxy) is 2. The number of thioether (sulfide) groups is 1. The Labute approximate surface area is 171 Å². The molecule has 1 aromatic heterocycles. The van der Waals surface area contributed by atoms with Crippen molar-refractivity contribution < 1.29 is 14.3 Å². The summed E-state index contributed by atoms with van der Waals surface area (Å²) in [6.07, 6.45) is 0. The zero-order valence-corrected chi connectivity index (χ0v) is 18.3. The van der Waals surface area contributed by atoms with Crippen LogP contribution in [0.5, 0.6) is 11.5 Å². The number of nitrogens with one attached hydrogen (secondary N) is 1. The van der Waals surface area contributed by atoms with Gasteiger partial charge in [-0.3, -0.25) is 4.79 Å². The number of aromatic nitrogens is 2. The summed E-state index contributed by atoms with van der Waals surface area (Å²) in [5, 5.41) is 7.76. The summed E-state index contributed by atoms with van der Waals surface area (Å²) in [4.78, 5) is 13.6. The monoisotopic (exact) mass is 403 g/mol. The van der Waals surface area contributed by atoms with Crippen LogP contribution in [0.1, 0.15) is 47.2 Å². The molecule has 1 amide bonds. The molecular weight excluding hydrogens is 374 g/mol. The van der Waals surface area contributed by atoms with E-state index >= 15 is 0 Å². The Morgan fingerprint density at radius 3 is 2.43 bits per heavy atom. The molecule has 0 radical (unpaired) electrons. The minimum absolute atomic E-state index is 0.0641. The van der Waals surface area contributed by atoms with E-state index < -0.39 is 0 Å². The number of hydrogen-bond acceptors (Lipinski definition) is 5. The van der Waals surface area contributed by atoms with Crippen molar-refractivity contribution in [1.82, 2.24) is 9.78 Å². The fraction of sp³-hybridized carbons (Fsp3) is 0.524. The lowest BCUT2D eigenvalue weighted by molar-refractivity contribution is -0.113. The van der Waals surface area contributed by atoms with Crippen LogP contribution in [0.2, 0.25) is 0 Å². The van der Waals surface area contributed by atoms with E-state index in [-0.39, 0.29) is 16.9 Å². The Bertz CT molecular complexity index is 863. The smallest absolute Gasteiger partial charge is 0.235 e. The van der Waals surface area contributed by atoms with Crippen LogP contribution in [0.25, 0.3) is 0 Å². The summed E-state index contributed by atoms with van der Waals surface area (Å²) < 4.78 is 13.0. The van der Waals surface area contributed by atoms with Gasteiger partial charge in [0.05, 0.1) is 17.0 Å². The second kappa shape index (κ2) is 7.70. The first-order valence-electron chi connectivity index (χ1n) is 9.47. The molecule has 0 atom stereocenters. The molecule has 152 valence electrons. The fourth-order valence-corrected chi connectivity index (χ4v) is 3.51. The van der Waals surface area contributed by atoms with Gasteiger partial charge in [0.25, 0.3) is 0 Å². The van der Waals surface area contributed by atoms with E-state index in [0.717, 1.165) is 27.9 Å². The van der Waals surface area contributed by atoms with Crippen LogP contribution in [-0.4, -0.2) is 34.7 Å². The van der Waals surface area contributed by atoms with Crippen LogP contribution < -0.4 is 14.8 Å². The standard InChI is InChI=1S/C21H29N3O3S/c1-20(2,3)17-12-18(24(23-17)21(4,5)6)22-19(25)13-28-14-7-8-15-16(11-14)27-10-9-26-15/h7-8,11-12H,9-10,13H2,1-6H3,(H,22,25). The average Bonchev–Trinajstić information content (AvgIpc) is 3.04. The van der Waals surface area contributed by atoms with E-state index in [2.05, 4.69) is 46.9 Å². The summed E-state index contributed by atoms with van der Waals surface area (Å²) in [5.41, 5.74) is 0.641. The van der Waals surface area contributed by atoms with Crippen molar-refractivity contribution in [1.29, 1.82) is 0 Å². The normalized spacial score (nSPS) is 14.1. The van der Waals surface area contributed by atoms with E-state index in [9.17, 15) is 4.79 Å². The minimum atomic E-state index is -0.227. The van der Waals surface area contributed by atoms with Crippen molar-refractivity contribution >= 4 is 23.5 Å². The van der Waals surface area contributed by atoms with E-state index in [0.29, 0.717) is 19.0 Å². The maximum atomic E-state index is 12.6. The highest BCUT2D eigenvalue weighted by Crippen LogP contribution is 2.34. The van der Waals surface area contributed by atoms with Crippen LogP contribution in [-0.2, 0) is 15.7 Å². The highest BCUT2D eigenvalue weighted by Gasteiger charge is 2.25. The molecule has 2 aromatic rings. The molecule has 2 heterocycles. The van der Waals surface area contributed by atoms with E-state index in [1.165, 1.54) is 11.8 Å². The van der Waals surface area contributed by atoms with Gasteiger partial charge in [0.1, 0.15) is 19.0 Å². The molecule has 0 bridgehead atoms. The number of nitrogens with zero attached hydrogens (tertiary/aromatic N) is 2. The highest BCUT2D eigenvalue weighted by atomic mass is 32.2. The number of carbonyl (C=O) groups is 1. The van der Waals surface area contributed by atoms with Crippen molar-refractivity contribution in [3.05, 3.63) is 30.0 Å². The number of hydrogen-bond donors (Lipinski definition) is 1. The third-order valence-electron chi connectivity index (χ3n) is 4.26. The second-order valence-electron chi connectivity index (χ2n) is 8.89. The van der Waals surface area contributed by atoms with Crippen molar-refractivity contribution in [2.24, 2.45) is 0 Å². The molecule has 0 fully saturated rings. The largest absolute Gasteiger partial charge is 0.486 e. The lowest BCUT2D eigenvalue weighted by Crippen LogP contribution is -2.27. The molecule has 1 aromatic carbocycles. The Balaban J connectivity index is 1.68. The van der Waals surface area contributed by atoms with Gasteiger partial charge in [-0.1, -0.05) is 20.8 Å². The van der Waals surface area contributed by atoms with Gasteiger partial charge in [-0.15, -0.1) is 11.8 Å². The predicted octanol–water partition coefficient (Wildman–Crippen LogP) is 4.44. The number of fused-ring (bicyclic) bond motifs is 1. The topological polar surface area (TPSA) is 65.4 Å². The minimum Gasteiger partial charge on any atom is -0.486 e. The van der Waals surface area contributed by atoms with Crippen LogP contribution >= 0.6 is 11.8 Å². The lowest BCUT2D eigenvalue weighted by atomic mass is 9.92. The average molecular weight is 404 g/mol. The molecule has 0 aliphatic carbocycles. The van der Waals surface area contributed by atoms with Crippen LogP contribution in [0.4, 0.5) is 5.82 Å². The van der Waals surface area contributed by atoms with Crippen LogP contribution in [0, 0.1) is 0 Å². The Kier molecular flexibility index (Phi) is 5.66. The van der Waals surface area contributed by atoms with Crippen LogP contribution in [0.15, 0.2) is 29.2 Å². The second-order valence-corrected chi connectivity index (χ2v) is 9.94. The number of benzene rings is 1. The Morgan fingerprint density at radius 1 is 1.11 bits per heavy atom. The van der Waals surface area contributed by atoms with Crippen molar-refractivity contribution in [3.63, 3.8) is 0 Å². The number of rotatable bonds is 4. The third-order valence-corrected chi connectivity index (χ3v) is 5.26. The number of amides is 1. The molecule has 0 saturated heterocycles. The maximum Gasteiger partial charge on any atom is 0.235 e. The zero-order chi connectivity index (χ0) is 20.5. The summed E-state index contributed by atoms with van der Waals surface area (Å²) in [6, 6.07) is 7.73. The van der Waals surface area contributed by atoms with Crippen LogP contribution in [0.3, 0.4) is 0 Å². The predicted molar refractivity (Wildman–Crippen MR) is 113 cm³/mol. The fourth-order valence-electron chi connectivity index (χ4n) is 2.79. The quantitative estimate of drug-likeness (QED) is 0.765. The highest BCUT2D eigenvalue weighted by molar-refractivity contribution is 8.00. The van der Waals surface area contributed by atoms with Crippen molar-refractivity contribution in [2.45, 2.75) is 57.4 Å². The molecule has 3 rings (SSSR count). The number of anilines is 1. The first kappa shape index (κ1) is 20.6. The lowest BCUT2D eigenvalue weighted by Gasteiger charge is -2.23. The molecule has 1 aliphatic rings. The van der Waals surface area contributed by atoms with E-state index in [1.54, 1.807) is 0 Å². The third kappa shape index (κ3) is 4.82. The van der Waals surface area contributed by atoms with E-state index in [1.807, 2.05) is 28.9 Å². The molecular formula is C21H29N3O3S. The summed E-state index contributed by atoms with van der Waals surface area (Å²) in [7, 11) is 0. The molecule has 28 heavy (non-hydrogen) atoms. The van der Waals surface area contributed by atoms with Gasteiger partial charge in [-0.2, -0.15) is 5.10 Å². The van der Waals surface area contributed by atoms with Gasteiger partial charge in [-0.25, -0.2) is 4.68 Å². The molecule has 0 saturated carbocycles. The van der Waals surface area contributed by atoms with Gasteiger partial charge < -0.3 is 14.8 Å². The molecule has 0 unspecified atom stereocenters. The van der Waals surface area contributed by atoms with E-state index in [4.69, 9.17) is 14.6 Å². The Hall–Kier alpha value is -2.15. The van der Waals surface area contributed by atoms with Gasteiger partial charge in [-0.05, 0) is 39.0 Å². The maximum absolute atomic E-state index is 12.6. The number of carbonyl (C=O) groups excluding carboxylic acids is 1. The first-order chi connectivity index (χ1) is 13.0. The van der Waals surface area contributed by atoms with Crippen molar-refractivity contribution in [3.8, 4) is 11.5 Å². The summed E-state index contributed by atoms with van der Waals surface area (Å²) >= 11 is 1.47. The molecule has 7 heteroatoms. The van der Waals surface area contributed by atoms with Gasteiger partial charge in [0.2, 0.25) is 5.91 Å². The zero-order valence-electron chi connectivity index (χ0n) is 17.5. The van der Waals surface area contributed by atoms with Gasteiger partial charge in [0, 0.05) is 16.4 Å². The van der Waals surface area contributed by atoms with Gasteiger partial charge in [0.15, 0.2) is 11.5 Å². The SMILES string of the molecule is CC(C)(C)c1cc(NC(=O)CSc2ccc3c(c2)OCCO3)n(C(C)(C)C)n1. The summed E-state index contributed by atoms with van der Waals surface area (Å²) in [5.74, 6) is 2.46. The first-order valence-corrected chi connectivity index (χ1v) is 10.5. The van der Waals surface area contributed by atoms with Gasteiger partial charge >= 0.3 is 0 Å². The molecule has 1 aliphatic heterocycles. The molecule has 1 N–H and O–H groups in total.